The first kappa shape index (κ1) is 23.9. The SMILES string of the molecule is Cc1ncc(Cl)cc1C(=O)NC1CCC(Cn2c(=O)n(-c3ccc4c(c3)CNC4)c3ccccc32)CC1. The second kappa shape index (κ2) is 9.80. The Bertz CT molecular complexity index is 1550. The van der Waals surface area contributed by atoms with Crippen LogP contribution in [0, 0.1) is 12.8 Å². The van der Waals surface area contributed by atoms with Crippen LogP contribution in [0.1, 0.15) is 52.9 Å². The lowest BCUT2D eigenvalue weighted by Crippen LogP contribution is -2.39. The average Bonchev–Trinajstić information content (AvgIpc) is 3.48. The average molecular weight is 516 g/mol. The van der Waals surface area contributed by atoms with Gasteiger partial charge in [0.1, 0.15) is 0 Å². The van der Waals surface area contributed by atoms with E-state index in [1.54, 1.807) is 12.3 Å². The Hall–Kier alpha value is -3.42. The van der Waals surface area contributed by atoms with E-state index in [0.29, 0.717) is 28.7 Å². The number of amides is 1. The summed E-state index contributed by atoms with van der Waals surface area (Å²) in [6, 6.07) is 16.1. The van der Waals surface area contributed by atoms with Crippen molar-refractivity contribution in [2.45, 2.75) is 58.3 Å². The number of carbonyl (C=O) groups excluding carboxylic acids is 1. The highest BCUT2D eigenvalue weighted by atomic mass is 35.5. The van der Waals surface area contributed by atoms with Crippen LogP contribution in [-0.4, -0.2) is 26.1 Å². The number of benzene rings is 2. The molecular weight excluding hydrogens is 486 g/mol. The Morgan fingerprint density at radius 1 is 1.05 bits per heavy atom. The third-order valence-electron chi connectivity index (χ3n) is 7.84. The molecule has 0 saturated heterocycles. The van der Waals surface area contributed by atoms with Crippen molar-refractivity contribution in [3.8, 4) is 5.69 Å². The number of para-hydroxylation sites is 2. The molecule has 0 bridgehead atoms. The maximum atomic E-state index is 13.7. The first-order chi connectivity index (χ1) is 18.0. The molecule has 1 fully saturated rings. The number of aryl methyl sites for hydroxylation is 1. The molecule has 1 amide bonds. The first-order valence-corrected chi connectivity index (χ1v) is 13.3. The van der Waals surface area contributed by atoms with E-state index in [2.05, 4.69) is 33.8 Å². The monoisotopic (exact) mass is 515 g/mol. The van der Waals surface area contributed by atoms with E-state index < -0.39 is 0 Å². The van der Waals surface area contributed by atoms with Crippen molar-refractivity contribution in [3.63, 3.8) is 0 Å². The molecule has 2 aliphatic rings. The molecule has 37 heavy (non-hydrogen) atoms. The summed E-state index contributed by atoms with van der Waals surface area (Å²) in [5, 5.41) is 7.00. The summed E-state index contributed by atoms with van der Waals surface area (Å²) in [4.78, 5) is 30.7. The van der Waals surface area contributed by atoms with Crippen molar-refractivity contribution < 1.29 is 4.79 Å². The summed E-state index contributed by atoms with van der Waals surface area (Å²) < 4.78 is 3.78. The molecule has 4 aromatic rings. The van der Waals surface area contributed by atoms with Gasteiger partial charge in [-0.05, 0) is 80.0 Å². The summed E-state index contributed by atoms with van der Waals surface area (Å²) in [7, 11) is 0. The van der Waals surface area contributed by atoms with E-state index in [9.17, 15) is 9.59 Å². The molecule has 8 heteroatoms. The number of nitrogens with zero attached hydrogens (tertiary/aromatic N) is 3. The Morgan fingerprint density at radius 3 is 2.62 bits per heavy atom. The van der Waals surface area contributed by atoms with Crippen LogP contribution in [0.2, 0.25) is 5.02 Å². The lowest BCUT2D eigenvalue weighted by atomic mass is 9.85. The van der Waals surface area contributed by atoms with Crippen molar-refractivity contribution in [3.05, 3.63) is 92.6 Å². The molecule has 1 aliphatic heterocycles. The second-order valence-electron chi connectivity index (χ2n) is 10.3. The largest absolute Gasteiger partial charge is 0.349 e. The van der Waals surface area contributed by atoms with Gasteiger partial charge in [0.15, 0.2) is 0 Å². The van der Waals surface area contributed by atoms with Crippen molar-refractivity contribution >= 4 is 28.5 Å². The lowest BCUT2D eigenvalue weighted by molar-refractivity contribution is 0.0919. The van der Waals surface area contributed by atoms with Crippen LogP contribution in [0.15, 0.2) is 59.5 Å². The predicted molar refractivity (Wildman–Crippen MR) is 145 cm³/mol. The number of halogens is 1. The summed E-state index contributed by atoms with van der Waals surface area (Å²) >= 11 is 6.04. The van der Waals surface area contributed by atoms with Gasteiger partial charge in [-0.2, -0.15) is 0 Å². The number of rotatable bonds is 5. The number of hydrogen-bond acceptors (Lipinski definition) is 4. The highest BCUT2D eigenvalue weighted by Gasteiger charge is 2.26. The zero-order chi connectivity index (χ0) is 25.5. The third-order valence-corrected chi connectivity index (χ3v) is 8.04. The summed E-state index contributed by atoms with van der Waals surface area (Å²) in [6.07, 6.45) is 5.23. The molecule has 2 aromatic heterocycles. The van der Waals surface area contributed by atoms with Gasteiger partial charge in [-0.15, -0.1) is 0 Å². The zero-order valence-corrected chi connectivity index (χ0v) is 21.6. The number of aromatic nitrogens is 3. The van der Waals surface area contributed by atoms with Gasteiger partial charge in [-0.25, -0.2) is 4.79 Å². The molecule has 0 unspecified atom stereocenters. The second-order valence-corrected chi connectivity index (χ2v) is 10.7. The van der Waals surface area contributed by atoms with Crippen LogP contribution in [0.25, 0.3) is 16.7 Å². The van der Waals surface area contributed by atoms with Gasteiger partial charge in [0.25, 0.3) is 5.91 Å². The molecule has 0 atom stereocenters. The predicted octanol–water partition coefficient (Wildman–Crippen LogP) is 4.74. The Labute approximate surface area is 220 Å². The van der Waals surface area contributed by atoms with E-state index in [4.69, 9.17) is 11.6 Å². The number of hydrogen-bond donors (Lipinski definition) is 2. The number of imidazole rings is 1. The van der Waals surface area contributed by atoms with E-state index >= 15 is 0 Å². The van der Waals surface area contributed by atoms with Gasteiger partial charge >= 0.3 is 5.69 Å². The van der Waals surface area contributed by atoms with Gasteiger partial charge in [-0.3, -0.25) is 18.9 Å². The van der Waals surface area contributed by atoms with Gasteiger partial charge < -0.3 is 10.6 Å². The number of fused-ring (bicyclic) bond motifs is 2. The van der Waals surface area contributed by atoms with Gasteiger partial charge in [0, 0.05) is 31.9 Å². The summed E-state index contributed by atoms with van der Waals surface area (Å²) in [5.41, 5.74) is 6.57. The first-order valence-electron chi connectivity index (χ1n) is 12.9. The normalized spacial score (nSPS) is 19.2. The van der Waals surface area contributed by atoms with Crippen LogP contribution in [-0.2, 0) is 19.6 Å². The highest BCUT2D eigenvalue weighted by molar-refractivity contribution is 6.30. The van der Waals surface area contributed by atoms with Crippen LogP contribution in [0.3, 0.4) is 0 Å². The molecule has 0 spiro atoms. The minimum atomic E-state index is -0.125. The quantitative estimate of drug-likeness (QED) is 0.402. The number of pyridine rings is 1. The fraction of sp³-hybridized carbons (Fsp3) is 0.345. The molecule has 1 aliphatic carbocycles. The number of nitrogens with one attached hydrogen (secondary N) is 2. The summed E-state index contributed by atoms with van der Waals surface area (Å²) in [5.74, 6) is 0.253. The van der Waals surface area contributed by atoms with E-state index in [0.717, 1.165) is 55.5 Å². The highest BCUT2D eigenvalue weighted by Crippen LogP contribution is 2.28. The maximum absolute atomic E-state index is 13.7. The molecular formula is C29H30ClN5O2. The van der Waals surface area contributed by atoms with Crippen molar-refractivity contribution in [2.75, 3.05) is 0 Å². The van der Waals surface area contributed by atoms with E-state index in [1.807, 2.05) is 40.3 Å². The number of carbonyl (C=O) groups is 1. The third kappa shape index (κ3) is 4.58. The minimum absolute atomic E-state index is 0.00599. The molecule has 2 N–H and O–H groups in total. The van der Waals surface area contributed by atoms with E-state index in [1.165, 1.54) is 11.1 Å². The fourth-order valence-corrected chi connectivity index (χ4v) is 5.96. The fourth-order valence-electron chi connectivity index (χ4n) is 5.80. The molecule has 3 heterocycles. The van der Waals surface area contributed by atoms with Crippen molar-refractivity contribution in [1.29, 1.82) is 0 Å². The maximum Gasteiger partial charge on any atom is 0.333 e. The van der Waals surface area contributed by atoms with Crippen LogP contribution < -0.4 is 16.3 Å². The zero-order valence-electron chi connectivity index (χ0n) is 20.8. The molecule has 2 aromatic carbocycles. The lowest BCUT2D eigenvalue weighted by Gasteiger charge is -2.29. The Morgan fingerprint density at radius 2 is 1.81 bits per heavy atom. The molecule has 0 radical (unpaired) electrons. The molecule has 6 rings (SSSR count). The molecule has 7 nitrogen and oxygen atoms in total. The Balaban J connectivity index is 1.19. The minimum Gasteiger partial charge on any atom is -0.349 e. The van der Waals surface area contributed by atoms with Crippen molar-refractivity contribution in [2.24, 2.45) is 5.92 Å². The van der Waals surface area contributed by atoms with Crippen LogP contribution in [0.5, 0.6) is 0 Å². The Kier molecular flexibility index (Phi) is 6.34. The smallest absolute Gasteiger partial charge is 0.333 e. The van der Waals surface area contributed by atoms with Crippen LogP contribution >= 0.6 is 11.6 Å². The topological polar surface area (TPSA) is 81.0 Å². The van der Waals surface area contributed by atoms with Gasteiger partial charge in [-0.1, -0.05) is 29.8 Å². The standard InChI is InChI=1S/C29H30ClN5O2/c1-18-25(13-22(30)16-32-18)28(36)33-23-9-6-19(7-10-23)17-34-26-4-2-3-5-27(26)35(29(34)37)24-11-8-20-14-31-15-21(20)12-24/h2-5,8,11-13,16,19,23,31H,6-7,9-10,14-15,17H2,1H3,(H,33,36). The van der Waals surface area contributed by atoms with Crippen LogP contribution in [0.4, 0.5) is 0 Å². The molecule has 190 valence electrons. The summed E-state index contributed by atoms with van der Waals surface area (Å²) in [6.45, 7) is 4.21. The van der Waals surface area contributed by atoms with Gasteiger partial charge in [0.05, 0.1) is 33.0 Å². The van der Waals surface area contributed by atoms with Crippen molar-refractivity contribution in [1.82, 2.24) is 24.8 Å². The van der Waals surface area contributed by atoms with Gasteiger partial charge in [0.2, 0.25) is 0 Å². The van der Waals surface area contributed by atoms with E-state index in [-0.39, 0.29) is 17.6 Å². The molecule has 1 saturated carbocycles.